The van der Waals surface area contributed by atoms with E-state index < -0.39 is 6.43 Å². The van der Waals surface area contributed by atoms with Gasteiger partial charge in [-0.05, 0) is 5.92 Å². The van der Waals surface area contributed by atoms with Crippen LogP contribution >= 0.6 is 0 Å². The van der Waals surface area contributed by atoms with Gasteiger partial charge in [0, 0.05) is 25.4 Å². The van der Waals surface area contributed by atoms with Crippen LogP contribution in [0.15, 0.2) is 0 Å². The van der Waals surface area contributed by atoms with Gasteiger partial charge < -0.3 is 4.90 Å². The van der Waals surface area contributed by atoms with Crippen LogP contribution < -0.4 is 0 Å². The van der Waals surface area contributed by atoms with Crippen molar-refractivity contribution in [2.75, 3.05) is 13.1 Å². The monoisotopic (exact) mass is 191 g/mol. The second kappa shape index (κ2) is 4.03. The molecule has 0 aliphatic carbocycles. The number of likely N-dealkylation sites (tertiary alicyclic amines) is 1. The van der Waals surface area contributed by atoms with Gasteiger partial charge in [0.2, 0.25) is 12.3 Å². The molecule has 1 saturated heterocycles. The van der Waals surface area contributed by atoms with Crippen LogP contribution in [0.25, 0.3) is 0 Å². The molecule has 0 aromatic carbocycles. The highest BCUT2D eigenvalue weighted by Gasteiger charge is 2.33. The fraction of sp³-hybridized carbons (Fsp3) is 0.889. The summed E-state index contributed by atoms with van der Waals surface area (Å²) in [6.45, 7) is 4.67. The number of hydrogen-bond donors (Lipinski definition) is 0. The Hall–Kier alpha value is -0.670. The van der Waals surface area contributed by atoms with Gasteiger partial charge in [-0.1, -0.05) is 13.8 Å². The zero-order valence-electron chi connectivity index (χ0n) is 7.96. The Bertz CT molecular complexity index is 188. The number of carbonyl (C=O) groups excluding carboxylic acids is 1. The van der Waals surface area contributed by atoms with Gasteiger partial charge in [0.05, 0.1) is 0 Å². The lowest BCUT2D eigenvalue weighted by Crippen LogP contribution is -2.51. The smallest absolute Gasteiger partial charge is 0.239 e. The number of nitrogens with zero attached hydrogens (tertiary/aromatic N) is 1. The molecule has 0 aromatic rings. The van der Waals surface area contributed by atoms with Gasteiger partial charge in [0.1, 0.15) is 0 Å². The molecule has 0 aromatic heterocycles. The maximum Gasteiger partial charge on any atom is 0.239 e. The van der Waals surface area contributed by atoms with E-state index in [0.29, 0.717) is 13.1 Å². The average Bonchev–Trinajstić information content (AvgIpc) is 1.94. The molecule has 0 radical (unpaired) electrons. The average molecular weight is 191 g/mol. The molecule has 76 valence electrons. The molecule has 0 atom stereocenters. The van der Waals surface area contributed by atoms with Crippen LogP contribution in [-0.4, -0.2) is 30.3 Å². The fourth-order valence-electron chi connectivity index (χ4n) is 1.52. The van der Waals surface area contributed by atoms with E-state index in [2.05, 4.69) is 0 Å². The summed E-state index contributed by atoms with van der Waals surface area (Å²) in [6, 6.07) is 0. The minimum atomic E-state index is -2.23. The maximum absolute atomic E-state index is 11.9. The Morgan fingerprint density at radius 3 is 2.38 bits per heavy atom. The number of halogens is 2. The first-order valence-electron chi connectivity index (χ1n) is 4.57. The van der Waals surface area contributed by atoms with Crippen molar-refractivity contribution in [1.29, 1.82) is 0 Å². The molecular formula is C9H15F2NO. The zero-order valence-corrected chi connectivity index (χ0v) is 7.96. The second-order valence-corrected chi connectivity index (χ2v) is 3.89. The molecule has 0 bridgehead atoms. The lowest BCUT2D eigenvalue weighted by Gasteiger charge is -2.40. The minimum Gasteiger partial charge on any atom is -0.342 e. The minimum absolute atomic E-state index is 0.0164. The predicted octanol–water partition coefficient (Wildman–Crippen LogP) is 1.76. The summed E-state index contributed by atoms with van der Waals surface area (Å²) in [6.07, 6.45) is -2.30. The molecule has 0 spiro atoms. The number of alkyl halides is 2. The Morgan fingerprint density at radius 1 is 1.46 bits per heavy atom. The van der Waals surface area contributed by atoms with Gasteiger partial charge >= 0.3 is 0 Å². The van der Waals surface area contributed by atoms with Crippen molar-refractivity contribution in [3.63, 3.8) is 0 Å². The maximum atomic E-state index is 11.9. The molecular weight excluding hydrogens is 176 g/mol. The molecule has 1 fully saturated rings. The summed E-state index contributed by atoms with van der Waals surface area (Å²) < 4.78 is 23.8. The summed E-state index contributed by atoms with van der Waals surface area (Å²) in [5, 5.41) is 0. The third-order valence-corrected chi connectivity index (χ3v) is 2.27. The van der Waals surface area contributed by atoms with Crippen molar-refractivity contribution in [3.8, 4) is 0 Å². The lowest BCUT2D eigenvalue weighted by atomic mass is 9.95. The summed E-state index contributed by atoms with van der Waals surface area (Å²) in [5.41, 5.74) is 0. The summed E-state index contributed by atoms with van der Waals surface area (Å²) in [5.74, 6) is 0.0701. The van der Waals surface area contributed by atoms with Crippen molar-refractivity contribution in [2.24, 2.45) is 11.8 Å². The van der Waals surface area contributed by atoms with Gasteiger partial charge in [-0.2, -0.15) is 0 Å². The van der Waals surface area contributed by atoms with Crippen LogP contribution in [0.5, 0.6) is 0 Å². The van der Waals surface area contributed by atoms with Crippen LogP contribution in [0.2, 0.25) is 0 Å². The van der Waals surface area contributed by atoms with E-state index in [1.165, 1.54) is 0 Å². The van der Waals surface area contributed by atoms with E-state index in [1.807, 2.05) is 13.8 Å². The predicted molar refractivity (Wildman–Crippen MR) is 45.5 cm³/mol. The first kappa shape index (κ1) is 10.4. The van der Waals surface area contributed by atoms with Gasteiger partial charge in [-0.15, -0.1) is 0 Å². The fourth-order valence-corrected chi connectivity index (χ4v) is 1.52. The van der Waals surface area contributed by atoms with Crippen LogP contribution in [0, 0.1) is 11.8 Å². The molecule has 13 heavy (non-hydrogen) atoms. The Kier molecular flexibility index (Phi) is 3.22. The molecule has 1 rings (SSSR count). The molecule has 4 heteroatoms. The molecule has 0 N–H and O–H groups in total. The van der Waals surface area contributed by atoms with Gasteiger partial charge in [-0.25, -0.2) is 8.78 Å². The summed E-state index contributed by atoms with van der Waals surface area (Å²) >= 11 is 0. The highest BCUT2D eigenvalue weighted by Crippen LogP contribution is 2.23. The molecule has 1 heterocycles. The first-order chi connectivity index (χ1) is 6.00. The molecule has 0 unspecified atom stereocenters. The molecule has 1 amide bonds. The normalized spacial score (nSPS) is 18.2. The van der Waals surface area contributed by atoms with E-state index in [1.54, 1.807) is 4.90 Å². The quantitative estimate of drug-likeness (QED) is 0.665. The topological polar surface area (TPSA) is 20.3 Å². The molecule has 0 saturated carbocycles. The zero-order chi connectivity index (χ0) is 10.0. The van der Waals surface area contributed by atoms with Crippen LogP contribution in [-0.2, 0) is 4.79 Å². The third kappa shape index (κ3) is 2.64. The molecule has 2 nitrogen and oxygen atoms in total. The van der Waals surface area contributed by atoms with Gasteiger partial charge in [0.25, 0.3) is 0 Å². The number of carbonyl (C=O) groups is 1. The van der Waals surface area contributed by atoms with Crippen molar-refractivity contribution >= 4 is 5.91 Å². The van der Waals surface area contributed by atoms with Gasteiger partial charge in [-0.3, -0.25) is 4.79 Å². The van der Waals surface area contributed by atoms with E-state index in [-0.39, 0.29) is 24.2 Å². The van der Waals surface area contributed by atoms with E-state index >= 15 is 0 Å². The van der Waals surface area contributed by atoms with Crippen molar-refractivity contribution < 1.29 is 13.6 Å². The Morgan fingerprint density at radius 2 is 2.00 bits per heavy atom. The van der Waals surface area contributed by atoms with Crippen molar-refractivity contribution in [2.45, 2.75) is 26.7 Å². The van der Waals surface area contributed by atoms with E-state index in [9.17, 15) is 13.6 Å². The number of rotatable bonds is 3. The van der Waals surface area contributed by atoms with Crippen LogP contribution in [0.1, 0.15) is 20.3 Å². The number of hydrogen-bond acceptors (Lipinski definition) is 1. The van der Waals surface area contributed by atoms with Crippen molar-refractivity contribution in [1.82, 2.24) is 4.90 Å². The largest absolute Gasteiger partial charge is 0.342 e. The number of amides is 1. The van der Waals surface area contributed by atoms with Crippen LogP contribution in [0.4, 0.5) is 8.78 Å². The molecule has 1 aliphatic rings. The highest BCUT2D eigenvalue weighted by atomic mass is 19.3. The molecule has 1 aliphatic heterocycles. The van der Waals surface area contributed by atoms with Crippen molar-refractivity contribution in [3.05, 3.63) is 0 Å². The van der Waals surface area contributed by atoms with E-state index in [0.717, 1.165) is 0 Å². The van der Waals surface area contributed by atoms with Crippen LogP contribution in [0.3, 0.4) is 0 Å². The summed E-state index contributed by atoms with van der Waals surface area (Å²) in [4.78, 5) is 12.9. The third-order valence-electron chi connectivity index (χ3n) is 2.27. The standard InChI is InChI=1S/C9H15F2NO/c1-6(2)9(13)12-4-7(5-12)3-8(10)11/h6-8H,3-5H2,1-2H3. The highest BCUT2D eigenvalue weighted by molar-refractivity contribution is 5.78. The Labute approximate surface area is 76.9 Å². The van der Waals surface area contributed by atoms with E-state index in [4.69, 9.17) is 0 Å². The Balaban J connectivity index is 2.22. The lowest BCUT2D eigenvalue weighted by molar-refractivity contribution is -0.141. The first-order valence-corrected chi connectivity index (χ1v) is 4.57. The SMILES string of the molecule is CC(C)C(=O)N1CC(CC(F)F)C1. The second-order valence-electron chi connectivity index (χ2n) is 3.89. The van der Waals surface area contributed by atoms with Gasteiger partial charge in [0.15, 0.2) is 0 Å². The summed E-state index contributed by atoms with van der Waals surface area (Å²) in [7, 11) is 0.